The number of amides is 2. The van der Waals surface area contributed by atoms with Gasteiger partial charge in [0.2, 0.25) is 5.91 Å². The lowest BCUT2D eigenvalue weighted by molar-refractivity contribution is -0.123. The van der Waals surface area contributed by atoms with E-state index in [1.165, 1.54) is 0 Å². The molecule has 2 rings (SSSR count). The number of benzene rings is 1. The van der Waals surface area contributed by atoms with Crippen LogP contribution >= 0.6 is 15.9 Å². The van der Waals surface area contributed by atoms with Crippen LogP contribution < -0.4 is 11.1 Å². The van der Waals surface area contributed by atoms with Gasteiger partial charge in [-0.2, -0.15) is 5.26 Å². The Morgan fingerprint density at radius 2 is 1.91 bits per heavy atom. The van der Waals surface area contributed by atoms with Gasteiger partial charge in [-0.1, -0.05) is 15.9 Å². The molecule has 1 fully saturated rings. The van der Waals surface area contributed by atoms with E-state index in [0.29, 0.717) is 31.6 Å². The van der Waals surface area contributed by atoms with Crippen LogP contribution in [0.3, 0.4) is 0 Å². The van der Waals surface area contributed by atoms with Crippen LogP contribution in [0.2, 0.25) is 0 Å². The number of anilines is 1. The molecule has 0 bridgehead atoms. The highest BCUT2D eigenvalue weighted by Gasteiger charge is 2.22. The molecular formula is C16H17BrN4O2. The second-order valence-electron chi connectivity index (χ2n) is 5.33. The van der Waals surface area contributed by atoms with Crippen molar-refractivity contribution in [3.05, 3.63) is 40.5 Å². The van der Waals surface area contributed by atoms with Crippen LogP contribution in [0.1, 0.15) is 12.8 Å². The summed E-state index contributed by atoms with van der Waals surface area (Å²) in [4.78, 5) is 25.2. The number of nitrogens with one attached hydrogen (secondary N) is 1. The van der Waals surface area contributed by atoms with E-state index in [1.54, 1.807) is 30.5 Å². The number of nitriles is 1. The van der Waals surface area contributed by atoms with E-state index in [-0.39, 0.29) is 17.4 Å². The van der Waals surface area contributed by atoms with E-state index in [9.17, 15) is 14.9 Å². The van der Waals surface area contributed by atoms with Crippen LogP contribution in [0.25, 0.3) is 0 Å². The fourth-order valence-corrected chi connectivity index (χ4v) is 2.63. The molecule has 120 valence electrons. The minimum Gasteiger partial charge on any atom is -0.376 e. The Labute approximate surface area is 143 Å². The monoisotopic (exact) mass is 376 g/mol. The lowest BCUT2D eigenvalue weighted by Gasteiger charge is -2.29. The number of rotatable bonds is 4. The van der Waals surface area contributed by atoms with Gasteiger partial charge in [-0.05, 0) is 37.1 Å². The summed E-state index contributed by atoms with van der Waals surface area (Å²) in [5, 5.41) is 11.9. The second-order valence-corrected chi connectivity index (χ2v) is 6.24. The Hall–Kier alpha value is -2.33. The van der Waals surface area contributed by atoms with E-state index < -0.39 is 5.91 Å². The van der Waals surface area contributed by atoms with Gasteiger partial charge in [-0.25, -0.2) is 0 Å². The van der Waals surface area contributed by atoms with Crippen molar-refractivity contribution < 1.29 is 9.59 Å². The molecule has 0 saturated carbocycles. The lowest BCUT2D eigenvalue weighted by atomic mass is 9.96. The molecule has 6 nitrogen and oxygen atoms in total. The van der Waals surface area contributed by atoms with E-state index in [0.717, 1.165) is 4.47 Å². The number of piperidine rings is 1. The molecule has 7 heteroatoms. The first kappa shape index (κ1) is 17.0. The molecule has 0 unspecified atom stereocenters. The number of nitrogens with zero attached hydrogens (tertiary/aromatic N) is 2. The molecule has 0 aliphatic carbocycles. The second kappa shape index (κ2) is 7.79. The van der Waals surface area contributed by atoms with E-state index in [1.807, 2.05) is 11.0 Å². The first-order valence-corrected chi connectivity index (χ1v) is 8.01. The number of carbonyl (C=O) groups is 2. The molecule has 1 saturated heterocycles. The number of likely N-dealkylation sites (tertiary alicyclic amines) is 1. The third-order valence-corrected chi connectivity index (χ3v) is 4.24. The summed E-state index contributed by atoms with van der Waals surface area (Å²) in [6.07, 6.45) is 2.82. The summed E-state index contributed by atoms with van der Waals surface area (Å²) in [5.41, 5.74) is 5.94. The maximum Gasteiger partial charge on any atom is 0.267 e. The van der Waals surface area contributed by atoms with E-state index in [4.69, 9.17) is 5.73 Å². The highest BCUT2D eigenvalue weighted by atomic mass is 79.9. The van der Waals surface area contributed by atoms with Gasteiger partial charge in [0.25, 0.3) is 5.91 Å². The molecule has 0 radical (unpaired) electrons. The van der Waals surface area contributed by atoms with Gasteiger partial charge in [-0.15, -0.1) is 0 Å². The summed E-state index contributed by atoms with van der Waals surface area (Å²) >= 11 is 3.32. The van der Waals surface area contributed by atoms with Crippen molar-refractivity contribution in [3.8, 4) is 6.07 Å². The lowest BCUT2D eigenvalue weighted by Crippen LogP contribution is -2.36. The standard InChI is InChI=1S/C16H17BrN4O2/c17-13-1-3-14(4-2-13)20-16(23)12(9-18)10-21-7-5-11(6-8-21)15(19)22/h1-4,10-11H,5-8H2,(H2,19,22)(H,20,23)/b12-10-. The Kier molecular flexibility index (Phi) is 5.77. The van der Waals surface area contributed by atoms with E-state index in [2.05, 4.69) is 21.2 Å². The molecule has 1 aliphatic heterocycles. The van der Waals surface area contributed by atoms with Crippen molar-refractivity contribution in [1.82, 2.24) is 4.90 Å². The van der Waals surface area contributed by atoms with Gasteiger partial charge < -0.3 is 16.0 Å². The fourth-order valence-electron chi connectivity index (χ4n) is 2.37. The zero-order valence-corrected chi connectivity index (χ0v) is 14.0. The predicted octanol–water partition coefficient (Wildman–Crippen LogP) is 1.99. The van der Waals surface area contributed by atoms with Crippen molar-refractivity contribution in [2.24, 2.45) is 11.7 Å². The van der Waals surface area contributed by atoms with Gasteiger partial charge in [0, 0.05) is 35.4 Å². The highest BCUT2D eigenvalue weighted by molar-refractivity contribution is 9.10. The molecule has 1 heterocycles. The summed E-state index contributed by atoms with van der Waals surface area (Å²) in [6, 6.07) is 9.02. The maximum atomic E-state index is 12.2. The molecule has 0 atom stereocenters. The average Bonchev–Trinajstić information content (AvgIpc) is 2.55. The van der Waals surface area contributed by atoms with Crippen molar-refractivity contribution >= 4 is 33.4 Å². The minimum absolute atomic E-state index is 0.0328. The average molecular weight is 377 g/mol. The van der Waals surface area contributed by atoms with Crippen molar-refractivity contribution in [2.75, 3.05) is 18.4 Å². The van der Waals surface area contributed by atoms with Gasteiger partial charge in [0.15, 0.2) is 0 Å². The molecule has 3 N–H and O–H groups in total. The van der Waals surface area contributed by atoms with Gasteiger partial charge in [0.1, 0.15) is 11.6 Å². The topological polar surface area (TPSA) is 99.2 Å². The number of carbonyl (C=O) groups excluding carboxylic acids is 2. The van der Waals surface area contributed by atoms with Gasteiger partial charge >= 0.3 is 0 Å². The third-order valence-electron chi connectivity index (χ3n) is 3.71. The van der Waals surface area contributed by atoms with Gasteiger partial charge in [-0.3, -0.25) is 9.59 Å². The maximum absolute atomic E-state index is 12.2. The first-order chi connectivity index (χ1) is 11.0. The van der Waals surface area contributed by atoms with E-state index >= 15 is 0 Å². The zero-order valence-electron chi connectivity index (χ0n) is 12.5. The van der Waals surface area contributed by atoms with Crippen LogP contribution in [-0.2, 0) is 9.59 Å². The molecular weight excluding hydrogens is 360 g/mol. The summed E-state index contributed by atoms with van der Waals surface area (Å²) in [7, 11) is 0. The highest BCUT2D eigenvalue weighted by Crippen LogP contribution is 2.18. The van der Waals surface area contributed by atoms with Crippen LogP contribution in [0, 0.1) is 17.2 Å². The van der Waals surface area contributed by atoms with Gasteiger partial charge in [0.05, 0.1) is 0 Å². The normalized spacial score (nSPS) is 15.8. The van der Waals surface area contributed by atoms with Crippen LogP contribution in [0.5, 0.6) is 0 Å². The Balaban J connectivity index is 1.99. The third kappa shape index (κ3) is 4.83. The SMILES string of the molecule is N#C/C(=C/N1CCC(C(N)=O)CC1)C(=O)Nc1ccc(Br)cc1. The molecule has 1 aromatic carbocycles. The molecule has 0 spiro atoms. The van der Waals surface area contributed by atoms with Crippen LogP contribution in [-0.4, -0.2) is 29.8 Å². The van der Waals surface area contributed by atoms with Crippen molar-refractivity contribution in [3.63, 3.8) is 0 Å². The molecule has 2 amide bonds. The predicted molar refractivity (Wildman–Crippen MR) is 90.0 cm³/mol. The fraction of sp³-hybridized carbons (Fsp3) is 0.312. The number of primary amides is 1. The Morgan fingerprint density at radius 1 is 1.30 bits per heavy atom. The van der Waals surface area contributed by atoms with Crippen LogP contribution in [0.15, 0.2) is 40.5 Å². The van der Waals surface area contributed by atoms with Crippen LogP contribution in [0.4, 0.5) is 5.69 Å². The first-order valence-electron chi connectivity index (χ1n) is 7.22. The quantitative estimate of drug-likeness (QED) is 0.619. The summed E-state index contributed by atoms with van der Waals surface area (Å²) < 4.78 is 0.906. The summed E-state index contributed by atoms with van der Waals surface area (Å²) in [6.45, 7) is 1.20. The Morgan fingerprint density at radius 3 is 2.43 bits per heavy atom. The summed E-state index contributed by atoms with van der Waals surface area (Å²) in [5.74, 6) is -0.865. The minimum atomic E-state index is -0.452. The molecule has 1 aliphatic rings. The smallest absolute Gasteiger partial charge is 0.267 e. The number of halogens is 1. The largest absolute Gasteiger partial charge is 0.376 e. The Bertz CT molecular complexity index is 656. The number of hydrogen-bond acceptors (Lipinski definition) is 4. The zero-order chi connectivity index (χ0) is 16.8. The van der Waals surface area contributed by atoms with Crippen molar-refractivity contribution in [1.29, 1.82) is 5.26 Å². The molecule has 1 aromatic rings. The number of nitrogens with two attached hydrogens (primary N) is 1. The molecule has 23 heavy (non-hydrogen) atoms. The van der Waals surface area contributed by atoms with Crippen molar-refractivity contribution in [2.45, 2.75) is 12.8 Å². The number of hydrogen-bond donors (Lipinski definition) is 2. The molecule has 0 aromatic heterocycles.